The lowest BCUT2D eigenvalue weighted by atomic mass is 10.1. The number of nitrogens with one attached hydrogen (secondary N) is 1. The second-order valence-corrected chi connectivity index (χ2v) is 7.50. The van der Waals surface area contributed by atoms with Gasteiger partial charge < -0.3 is 15.1 Å². The van der Waals surface area contributed by atoms with Gasteiger partial charge in [0.05, 0.1) is 17.6 Å². The summed E-state index contributed by atoms with van der Waals surface area (Å²) in [5.74, 6) is 0.746. The van der Waals surface area contributed by atoms with Crippen LogP contribution in [0, 0.1) is 0 Å². The molecule has 1 N–H and O–H groups in total. The highest BCUT2D eigenvalue weighted by Crippen LogP contribution is 2.27. The average molecular weight is 419 g/mol. The second kappa shape index (κ2) is 9.42. The van der Waals surface area contributed by atoms with Crippen LogP contribution in [-0.2, 0) is 16.6 Å². The van der Waals surface area contributed by atoms with Crippen molar-refractivity contribution in [1.29, 1.82) is 0 Å². The average Bonchev–Trinajstić information content (AvgIpc) is 3.18. The summed E-state index contributed by atoms with van der Waals surface area (Å²) in [5, 5.41) is 7.17. The van der Waals surface area contributed by atoms with Crippen LogP contribution < -0.4 is 10.2 Å². The van der Waals surface area contributed by atoms with Crippen LogP contribution in [-0.4, -0.2) is 57.7 Å². The number of aromatic nitrogens is 3. The highest BCUT2D eigenvalue weighted by atomic mass is 16.2. The van der Waals surface area contributed by atoms with E-state index in [0.29, 0.717) is 18.8 Å². The molecule has 3 heterocycles. The molecule has 1 fully saturated rings. The molecule has 0 aliphatic carbocycles. The fourth-order valence-corrected chi connectivity index (χ4v) is 3.78. The molecule has 0 atom stereocenters. The normalized spacial score (nSPS) is 13.8. The molecule has 1 aromatic carbocycles. The van der Waals surface area contributed by atoms with E-state index in [1.165, 1.54) is 0 Å². The maximum atomic E-state index is 12.6. The van der Waals surface area contributed by atoms with Crippen molar-refractivity contribution < 1.29 is 9.59 Å². The zero-order valence-corrected chi connectivity index (χ0v) is 17.6. The van der Waals surface area contributed by atoms with E-state index in [2.05, 4.69) is 20.3 Å². The van der Waals surface area contributed by atoms with E-state index in [0.717, 1.165) is 30.2 Å². The number of pyridine rings is 1. The molecule has 3 aromatic rings. The first-order chi connectivity index (χ1) is 15.1. The number of carbonyl (C=O) groups is 2. The Morgan fingerprint density at radius 2 is 1.71 bits per heavy atom. The standard InChI is InChI=1S/C23H26N6O2/c1-27-23(18-7-3-2-4-8-18)19(17-25-27)26-21(30)10-11-22(31)29-15-13-28(14-16-29)20-9-5-6-12-24-20/h2-9,12,17H,10-11,13-16H2,1H3,(H,26,30). The number of hydrogen-bond acceptors (Lipinski definition) is 5. The minimum Gasteiger partial charge on any atom is -0.353 e. The van der Waals surface area contributed by atoms with Gasteiger partial charge in [0.15, 0.2) is 0 Å². The summed E-state index contributed by atoms with van der Waals surface area (Å²) in [5.41, 5.74) is 2.46. The number of nitrogens with zero attached hydrogens (tertiary/aromatic N) is 5. The minimum atomic E-state index is -0.189. The summed E-state index contributed by atoms with van der Waals surface area (Å²) < 4.78 is 1.73. The van der Waals surface area contributed by atoms with E-state index < -0.39 is 0 Å². The number of anilines is 2. The van der Waals surface area contributed by atoms with Crippen molar-refractivity contribution in [3.63, 3.8) is 0 Å². The van der Waals surface area contributed by atoms with Gasteiger partial charge in [-0.15, -0.1) is 0 Å². The van der Waals surface area contributed by atoms with E-state index in [1.807, 2.05) is 60.5 Å². The van der Waals surface area contributed by atoms with Crippen molar-refractivity contribution in [2.24, 2.45) is 7.05 Å². The molecule has 0 unspecified atom stereocenters. The molecule has 2 amide bonds. The SMILES string of the molecule is Cn1ncc(NC(=O)CCC(=O)N2CCN(c3ccccn3)CC2)c1-c1ccccc1. The molecule has 31 heavy (non-hydrogen) atoms. The Balaban J connectivity index is 1.28. The Kier molecular flexibility index (Phi) is 6.26. The van der Waals surface area contributed by atoms with Gasteiger partial charge in [0.2, 0.25) is 11.8 Å². The monoisotopic (exact) mass is 418 g/mol. The van der Waals surface area contributed by atoms with Gasteiger partial charge in [-0.2, -0.15) is 5.10 Å². The Morgan fingerprint density at radius 1 is 0.968 bits per heavy atom. The Morgan fingerprint density at radius 3 is 2.42 bits per heavy atom. The summed E-state index contributed by atoms with van der Waals surface area (Å²) in [6.45, 7) is 2.76. The van der Waals surface area contributed by atoms with Crippen LogP contribution in [0.4, 0.5) is 11.5 Å². The molecule has 1 aliphatic rings. The molecule has 4 rings (SSSR count). The molecule has 0 bridgehead atoms. The van der Waals surface area contributed by atoms with Crippen molar-refractivity contribution in [1.82, 2.24) is 19.7 Å². The fraction of sp³-hybridized carbons (Fsp3) is 0.304. The fourth-order valence-electron chi connectivity index (χ4n) is 3.78. The lowest BCUT2D eigenvalue weighted by molar-refractivity contribution is -0.133. The van der Waals surface area contributed by atoms with Gasteiger partial charge >= 0.3 is 0 Å². The van der Waals surface area contributed by atoms with Gasteiger partial charge in [0.1, 0.15) is 5.82 Å². The van der Waals surface area contributed by atoms with Crippen molar-refractivity contribution in [2.45, 2.75) is 12.8 Å². The first-order valence-electron chi connectivity index (χ1n) is 10.4. The first kappa shape index (κ1) is 20.6. The van der Waals surface area contributed by atoms with E-state index >= 15 is 0 Å². The third-order valence-corrected chi connectivity index (χ3v) is 5.43. The largest absolute Gasteiger partial charge is 0.353 e. The zero-order chi connectivity index (χ0) is 21.6. The van der Waals surface area contributed by atoms with Crippen molar-refractivity contribution in [3.05, 3.63) is 60.9 Å². The van der Waals surface area contributed by atoms with Gasteiger partial charge in [0.25, 0.3) is 0 Å². The summed E-state index contributed by atoms with van der Waals surface area (Å²) in [7, 11) is 1.84. The van der Waals surface area contributed by atoms with Gasteiger partial charge in [-0.05, 0) is 12.1 Å². The third-order valence-electron chi connectivity index (χ3n) is 5.43. The van der Waals surface area contributed by atoms with E-state index in [-0.39, 0.29) is 24.7 Å². The van der Waals surface area contributed by atoms with Gasteiger partial charge in [-0.1, -0.05) is 36.4 Å². The third kappa shape index (κ3) is 4.91. The van der Waals surface area contributed by atoms with Crippen LogP contribution in [0.2, 0.25) is 0 Å². The van der Waals surface area contributed by atoms with Crippen LogP contribution >= 0.6 is 0 Å². The molecule has 0 radical (unpaired) electrons. The van der Waals surface area contributed by atoms with E-state index in [4.69, 9.17) is 0 Å². The predicted octanol–water partition coefficient (Wildman–Crippen LogP) is 2.55. The van der Waals surface area contributed by atoms with Gasteiger partial charge in [-0.25, -0.2) is 4.98 Å². The van der Waals surface area contributed by atoms with E-state index in [1.54, 1.807) is 17.1 Å². The Labute approximate surface area is 181 Å². The Bertz CT molecular complexity index is 1030. The molecule has 0 spiro atoms. The van der Waals surface area contributed by atoms with Crippen LogP contribution in [0.1, 0.15) is 12.8 Å². The van der Waals surface area contributed by atoms with Crippen LogP contribution in [0.5, 0.6) is 0 Å². The van der Waals surface area contributed by atoms with Crippen molar-refractivity contribution >= 4 is 23.3 Å². The summed E-state index contributed by atoms with van der Waals surface area (Å²) in [6.07, 6.45) is 3.74. The smallest absolute Gasteiger partial charge is 0.224 e. The van der Waals surface area contributed by atoms with Gasteiger partial charge in [-0.3, -0.25) is 14.3 Å². The molecule has 2 aromatic heterocycles. The Hall–Kier alpha value is -3.68. The molecule has 0 saturated carbocycles. The number of amides is 2. The summed E-state index contributed by atoms with van der Waals surface area (Å²) in [4.78, 5) is 33.4. The second-order valence-electron chi connectivity index (χ2n) is 7.50. The molecule has 8 nitrogen and oxygen atoms in total. The number of carbonyl (C=O) groups excluding carboxylic acids is 2. The van der Waals surface area contributed by atoms with Crippen LogP contribution in [0.15, 0.2) is 60.9 Å². The van der Waals surface area contributed by atoms with Gasteiger partial charge in [0, 0.05) is 57.8 Å². The highest BCUT2D eigenvalue weighted by molar-refractivity contribution is 5.96. The molecule has 160 valence electrons. The number of piperazine rings is 1. The first-order valence-corrected chi connectivity index (χ1v) is 10.4. The number of aryl methyl sites for hydroxylation is 1. The molecular formula is C23H26N6O2. The van der Waals surface area contributed by atoms with Crippen LogP contribution in [0.3, 0.4) is 0 Å². The highest BCUT2D eigenvalue weighted by Gasteiger charge is 2.22. The topological polar surface area (TPSA) is 83.4 Å². The molecule has 1 aliphatic heterocycles. The molecule has 8 heteroatoms. The zero-order valence-electron chi connectivity index (χ0n) is 17.6. The number of benzene rings is 1. The summed E-state index contributed by atoms with van der Waals surface area (Å²) >= 11 is 0. The predicted molar refractivity (Wildman–Crippen MR) is 120 cm³/mol. The van der Waals surface area contributed by atoms with Crippen molar-refractivity contribution in [3.8, 4) is 11.3 Å². The molecule has 1 saturated heterocycles. The molecular weight excluding hydrogens is 392 g/mol. The van der Waals surface area contributed by atoms with Crippen LogP contribution in [0.25, 0.3) is 11.3 Å². The minimum absolute atomic E-state index is 0.00490. The van der Waals surface area contributed by atoms with E-state index in [9.17, 15) is 9.59 Å². The summed E-state index contributed by atoms with van der Waals surface area (Å²) in [6, 6.07) is 15.6. The lowest BCUT2D eigenvalue weighted by Gasteiger charge is -2.35. The maximum Gasteiger partial charge on any atom is 0.224 e. The maximum absolute atomic E-state index is 12.6. The quantitative estimate of drug-likeness (QED) is 0.665. The number of rotatable bonds is 6. The number of hydrogen-bond donors (Lipinski definition) is 1. The van der Waals surface area contributed by atoms with Crippen molar-refractivity contribution in [2.75, 3.05) is 36.4 Å². The lowest BCUT2D eigenvalue weighted by Crippen LogP contribution is -2.49.